The SMILES string of the molecule is Cl.O=C(NCCc1cccs1)C1CNCCO1. The van der Waals surface area contributed by atoms with E-state index in [0.29, 0.717) is 19.7 Å². The van der Waals surface area contributed by atoms with Gasteiger partial charge in [0.15, 0.2) is 0 Å². The first-order chi connectivity index (χ1) is 7.86. The molecule has 1 unspecified atom stereocenters. The number of hydrogen-bond donors (Lipinski definition) is 2. The lowest BCUT2D eigenvalue weighted by Gasteiger charge is -2.22. The van der Waals surface area contributed by atoms with Crippen molar-refractivity contribution in [2.75, 3.05) is 26.2 Å². The molecule has 0 saturated carbocycles. The largest absolute Gasteiger partial charge is 0.366 e. The average molecular weight is 277 g/mol. The minimum absolute atomic E-state index is 0. The Morgan fingerprint density at radius 1 is 1.65 bits per heavy atom. The van der Waals surface area contributed by atoms with Gasteiger partial charge in [0, 0.05) is 24.5 Å². The Labute approximate surface area is 111 Å². The Balaban J connectivity index is 0.00000144. The Morgan fingerprint density at radius 3 is 3.18 bits per heavy atom. The van der Waals surface area contributed by atoms with Crippen LogP contribution in [0.15, 0.2) is 17.5 Å². The number of hydrogen-bond acceptors (Lipinski definition) is 4. The highest BCUT2D eigenvalue weighted by Crippen LogP contribution is 2.08. The molecule has 0 aliphatic carbocycles. The molecule has 1 aliphatic heterocycles. The van der Waals surface area contributed by atoms with Crippen LogP contribution in [0.25, 0.3) is 0 Å². The van der Waals surface area contributed by atoms with Crippen LogP contribution in [0.5, 0.6) is 0 Å². The van der Waals surface area contributed by atoms with E-state index >= 15 is 0 Å². The molecule has 96 valence electrons. The van der Waals surface area contributed by atoms with E-state index in [1.54, 1.807) is 11.3 Å². The molecule has 0 spiro atoms. The molecule has 1 aromatic heterocycles. The first-order valence-corrected chi connectivity index (χ1v) is 6.36. The molecule has 0 radical (unpaired) electrons. The van der Waals surface area contributed by atoms with E-state index in [2.05, 4.69) is 16.7 Å². The van der Waals surface area contributed by atoms with Gasteiger partial charge in [0.1, 0.15) is 6.10 Å². The predicted octanol–water partition coefficient (Wildman–Crippen LogP) is 0.817. The number of nitrogens with one attached hydrogen (secondary N) is 2. The summed E-state index contributed by atoms with van der Waals surface area (Å²) >= 11 is 1.72. The summed E-state index contributed by atoms with van der Waals surface area (Å²) in [6.07, 6.45) is 0.570. The Morgan fingerprint density at radius 2 is 2.53 bits per heavy atom. The molecule has 1 amide bonds. The lowest BCUT2D eigenvalue weighted by Crippen LogP contribution is -2.48. The van der Waals surface area contributed by atoms with Crippen molar-refractivity contribution >= 4 is 29.7 Å². The van der Waals surface area contributed by atoms with Gasteiger partial charge in [-0.2, -0.15) is 0 Å². The number of thiophene rings is 1. The molecule has 1 atom stereocenters. The van der Waals surface area contributed by atoms with Crippen LogP contribution in [0.1, 0.15) is 4.88 Å². The Kier molecular flexibility index (Phi) is 6.50. The fraction of sp³-hybridized carbons (Fsp3) is 0.545. The van der Waals surface area contributed by atoms with E-state index < -0.39 is 0 Å². The lowest BCUT2D eigenvalue weighted by molar-refractivity contribution is -0.134. The van der Waals surface area contributed by atoms with Crippen LogP contribution in [0.4, 0.5) is 0 Å². The number of morpholine rings is 1. The maximum atomic E-state index is 11.7. The summed E-state index contributed by atoms with van der Waals surface area (Å²) in [6, 6.07) is 4.10. The third-order valence-electron chi connectivity index (χ3n) is 2.47. The van der Waals surface area contributed by atoms with Crippen LogP contribution in [0.3, 0.4) is 0 Å². The molecule has 6 heteroatoms. The molecule has 17 heavy (non-hydrogen) atoms. The van der Waals surface area contributed by atoms with Crippen LogP contribution in [0.2, 0.25) is 0 Å². The van der Waals surface area contributed by atoms with Gasteiger partial charge in [0.2, 0.25) is 5.91 Å². The summed E-state index contributed by atoms with van der Waals surface area (Å²) in [5.41, 5.74) is 0. The van der Waals surface area contributed by atoms with Gasteiger partial charge in [-0.3, -0.25) is 4.79 Å². The van der Waals surface area contributed by atoms with Gasteiger partial charge < -0.3 is 15.4 Å². The minimum atomic E-state index is -0.322. The Hall–Kier alpha value is -0.620. The van der Waals surface area contributed by atoms with E-state index in [9.17, 15) is 4.79 Å². The van der Waals surface area contributed by atoms with Crippen LogP contribution in [-0.4, -0.2) is 38.3 Å². The predicted molar refractivity (Wildman–Crippen MR) is 70.9 cm³/mol. The van der Waals surface area contributed by atoms with Gasteiger partial charge in [-0.1, -0.05) is 6.07 Å². The van der Waals surface area contributed by atoms with Crippen molar-refractivity contribution < 1.29 is 9.53 Å². The molecular formula is C11H17ClN2O2S. The number of rotatable bonds is 4. The number of amides is 1. The summed E-state index contributed by atoms with van der Waals surface area (Å²) in [4.78, 5) is 12.9. The van der Waals surface area contributed by atoms with Gasteiger partial charge in [-0.15, -0.1) is 23.7 Å². The van der Waals surface area contributed by atoms with Crippen molar-refractivity contribution in [1.29, 1.82) is 0 Å². The molecular weight excluding hydrogens is 260 g/mol. The van der Waals surface area contributed by atoms with Crippen molar-refractivity contribution in [2.45, 2.75) is 12.5 Å². The fourth-order valence-corrected chi connectivity index (χ4v) is 2.32. The third-order valence-corrected chi connectivity index (χ3v) is 3.41. The molecule has 0 aromatic carbocycles. The van der Waals surface area contributed by atoms with Gasteiger partial charge >= 0.3 is 0 Å². The molecule has 1 aromatic rings. The van der Waals surface area contributed by atoms with Crippen LogP contribution < -0.4 is 10.6 Å². The normalized spacial score (nSPS) is 19.4. The van der Waals surface area contributed by atoms with Crippen LogP contribution in [-0.2, 0) is 16.0 Å². The highest BCUT2D eigenvalue weighted by atomic mass is 35.5. The molecule has 1 fully saturated rings. The van der Waals surface area contributed by atoms with Crippen molar-refractivity contribution in [1.82, 2.24) is 10.6 Å². The fourth-order valence-electron chi connectivity index (χ4n) is 1.61. The zero-order chi connectivity index (χ0) is 11.2. The molecule has 2 heterocycles. The van der Waals surface area contributed by atoms with Gasteiger partial charge in [-0.25, -0.2) is 0 Å². The summed E-state index contributed by atoms with van der Waals surface area (Å²) in [6.45, 7) is 2.74. The number of ether oxygens (including phenoxy) is 1. The van der Waals surface area contributed by atoms with Crippen LogP contribution >= 0.6 is 23.7 Å². The zero-order valence-corrected chi connectivity index (χ0v) is 11.1. The maximum absolute atomic E-state index is 11.7. The topological polar surface area (TPSA) is 50.4 Å². The summed E-state index contributed by atoms with van der Waals surface area (Å²) < 4.78 is 5.36. The van der Waals surface area contributed by atoms with E-state index in [4.69, 9.17) is 4.74 Å². The standard InChI is InChI=1S/C11H16N2O2S.ClH/c14-11(10-8-12-5-6-15-10)13-4-3-9-2-1-7-16-9;/h1-2,7,10,12H,3-6,8H2,(H,13,14);1H. The van der Waals surface area contributed by atoms with E-state index in [1.165, 1.54) is 4.88 Å². The number of carbonyl (C=O) groups is 1. The van der Waals surface area contributed by atoms with Crippen molar-refractivity contribution in [3.05, 3.63) is 22.4 Å². The van der Waals surface area contributed by atoms with Gasteiger partial charge in [0.05, 0.1) is 6.61 Å². The third kappa shape index (κ3) is 4.63. The van der Waals surface area contributed by atoms with E-state index in [0.717, 1.165) is 13.0 Å². The quantitative estimate of drug-likeness (QED) is 0.856. The van der Waals surface area contributed by atoms with Crippen molar-refractivity contribution in [3.8, 4) is 0 Å². The lowest BCUT2D eigenvalue weighted by atomic mass is 10.2. The van der Waals surface area contributed by atoms with Crippen molar-refractivity contribution in [3.63, 3.8) is 0 Å². The van der Waals surface area contributed by atoms with Crippen molar-refractivity contribution in [2.24, 2.45) is 0 Å². The summed E-state index contributed by atoms with van der Waals surface area (Å²) in [7, 11) is 0. The van der Waals surface area contributed by atoms with Gasteiger partial charge in [-0.05, 0) is 17.9 Å². The monoisotopic (exact) mass is 276 g/mol. The highest BCUT2D eigenvalue weighted by Gasteiger charge is 2.20. The second-order valence-corrected chi connectivity index (χ2v) is 4.72. The van der Waals surface area contributed by atoms with Crippen LogP contribution in [0, 0.1) is 0 Å². The average Bonchev–Trinajstić information content (AvgIpc) is 2.83. The van der Waals surface area contributed by atoms with Gasteiger partial charge in [0.25, 0.3) is 0 Å². The number of carbonyl (C=O) groups excluding carboxylic acids is 1. The Bertz CT molecular complexity index is 326. The highest BCUT2D eigenvalue weighted by molar-refractivity contribution is 7.09. The summed E-state index contributed by atoms with van der Waals surface area (Å²) in [5.74, 6) is -0.0104. The first kappa shape index (κ1) is 14.4. The molecule has 1 aliphatic rings. The second kappa shape index (κ2) is 7.66. The summed E-state index contributed by atoms with van der Waals surface area (Å²) in [5, 5.41) is 8.08. The zero-order valence-electron chi connectivity index (χ0n) is 9.48. The smallest absolute Gasteiger partial charge is 0.250 e. The molecule has 4 nitrogen and oxygen atoms in total. The van der Waals surface area contributed by atoms with E-state index in [-0.39, 0.29) is 24.4 Å². The first-order valence-electron chi connectivity index (χ1n) is 5.48. The molecule has 2 rings (SSSR count). The minimum Gasteiger partial charge on any atom is -0.366 e. The van der Waals surface area contributed by atoms with E-state index in [1.807, 2.05) is 11.4 Å². The number of halogens is 1. The maximum Gasteiger partial charge on any atom is 0.250 e. The molecule has 1 saturated heterocycles. The second-order valence-electron chi connectivity index (χ2n) is 3.68. The molecule has 0 bridgehead atoms. The molecule has 2 N–H and O–H groups in total.